The third kappa shape index (κ3) is 3.80. The van der Waals surface area contributed by atoms with Crippen LogP contribution in [0.1, 0.15) is 24.0 Å². The van der Waals surface area contributed by atoms with Gasteiger partial charge in [-0.25, -0.2) is 0 Å². The largest absolute Gasteiger partial charge is 0.481 e. The first kappa shape index (κ1) is 14.1. The molecule has 0 aliphatic carbocycles. The highest BCUT2D eigenvalue weighted by Gasteiger charge is 2.30. The van der Waals surface area contributed by atoms with Crippen LogP contribution in [0.2, 0.25) is 0 Å². The van der Waals surface area contributed by atoms with E-state index in [1.54, 1.807) is 0 Å². The summed E-state index contributed by atoms with van der Waals surface area (Å²) in [5.74, 6) is -0.568. The summed E-state index contributed by atoms with van der Waals surface area (Å²) in [6.07, 6.45) is 2.66. The van der Waals surface area contributed by atoms with Crippen molar-refractivity contribution in [2.75, 3.05) is 20.1 Å². The summed E-state index contributed by atoms with van der Waals surface area (Å²) >= 11 is 0. The molecule has 1 aromatic carbocycles. The van der Waals surface area contributed by atoms with Gasteiger partial charge in [-0.1, -0.05) is 29.8 Å². The van der Waals surface area contributed by atoms with E-state index < -0.39 is 5.97 Å². The number of piperidine rings is 1. The van der Waals surface area contributed by atoms with Crippen LogP contribution in [0.15, 0.2) is 24.3 Å². The number of rotatable bonds is 4. The van der Waals surface area contributed by atoms with Gasteiger partial charge in [0, 0.05) is 0 Å². The van der Waals surface area contributed by atoms with E-state index in [9.17, 15) is 9.90 Å². The lowest BCUT2D eigenvalue weighted by molar-refractivity contribution is -0.144. The van der Waals surface area contributed by atoms with Crippen molar-refractivity contribution >= 4 is 5.97 Å². The lowest BCUT2D eigenvalue weighted by atomic mass is 9.81. The number of carbonyl (C=O) groups is 1. The van der Waals surface area contributed by atoms with Crippen LogP contribution >= 0.6 is 0 Å². The van der Waals surface area contributed by atoms with Gasteiger partial charge >= 0.3 is 5.97 Å². The second kappa shape index (κ2) is 6.20. The van der Waals surface area contributed by atoms with Crippen LogP contribution in [0.25, 0.3) is 0 Å². The molecule has 1 aromatic rings. The predicted octanol–water partition coefficient (Wildman–Crippen LogP) is 2.58. The molecule has 0 radical (unpaired) electrons. The molecule has 2 rings (SSSR count). The van der Waals surface area contributed by atoms with Crippen molar-refractivity contribution in [2.45, 2.75) is 26.2 Å². The van der Waals surface area contributed by atoms with Gasteiger partial charge < -0.3 is 10.0 Å². The van der Waals surface area contributed by atoms with Crippen molar-refractivity contribution in [3.05, 3.63) is 35.4 Å². The molecule has 1 aliphatic rings. The van der Waals surface area contributed by atoms with Crippen molar-refractivity contribution in [1.82, 2.24) is 4.90 Å². The molecule has 1 fully saturated rings. The number of aliphatic carboxylic acids is 1. The van der Waals surface area contributed by atoms with E-state index in [0.717, 1.165) is 31.5 Å². The Bertz CT molecular complexity index is 419. The topological polar surface area (TPSA) is 40.5 Å². The molecule has 1 aliphatic heterocycles. The van der Waals surface area contributed by atoms with Gasteiger partial charge in [0.1, 0.15) is 0 Å². The van der Waals surface area contributed by atoms with E-state index in [0.29, 0.717) is 12.3 Å². The summed E-state index contributed by atoms with van der Waals surface area (Å²) in [6, 6.07) is 8.23. The quantitative estimate of drug-likeness (QED) is 0.905. The highest BCUT2D eigenvalue weighted by atomic mass is 16.4. The van der Waals surface area contributed by atoms with Crippen molar-refractivity contribution in [1.29, 1.82) is 0 Å². The van der Waals surface area contributed by atoms with Gasteiger partial charge in [0.25, 0.3) is 0 Å². The molecule has 1 atom stereocenters. The van der Waals surface area contributed by atoms with E-state index in [4.69, 9.17) is 0 Å². The van der Waals surface area contributed by atoms with Gasteiger partial charge in [-0.15, -0.1) is 0 Å². The number of carboxylic acids is 1. The molecule has 1 saturated heterocycles. The number of hydrogen-bond acceptors (Lipinski definition) is 2. The Morgan fingerprint density at radius 3 is 2.42 bits per heavy atom. The molecule has 0 saturated carbocycles. The van der Waals surface area contributed by atoms with Gasteiger partial charge in [0.15, 0.2) is 0 Å². The van der Waals surface area contributed by atoms with E-state index in [1.165, 1.54) is 5.56 Å². The molecule has 3 heteroatoms. The van der Waals surface area contributed by atoms with E-state index in [1.807, 2.05) is 0 Å². The first-order valence-corrected chi connectivity index (χ1v) is 7.03. The predicted molar refractivity (Wildman–Crippen MR) is 76.2 cm³/mol. The van der Waals surface area contributed by atoms with Crippen molar-refractivity contribution < 1.29 is 9.90 Å². The number of likely N-dealkylation sites (tertiary alicyclic amines) is 1. The minimum Gasteiger partial charge on any atom is -0.481 e. The minimum absolute atomic E-state index is 0.239. The Labute approximate surface area is 115 Å². The number of carboxylic acid groups (broad SMARTS) is 1. The average Bonchev–Trinajstić information content (AvgIpc) is 2.39. The summed E-state index contributed by atoms with van der Waals surface area (Å²) in [5, 5.41) is 9.49. The summed E-state index contributed by atoms with van der Waals surface area (Å²) in [5.41, 5.74) is 2.35. The third-order valence-corrected chi connectivity index (χ3v) is 4.23. The molecule has 0 amide bonds. The molecule has 104 valence electrons. The van der Waals surface area contributed by atoms with Crippen molar-refractivity contribution in [2.24, 2.45) is 11.8 Å². The number of hydrogen-bond donors (Lipinski definition) is 1. The average molecular weight is 261 g/mol. The highest BCUT2D eigenvalue weighted by Crippen LogP contribution is 2.27. The number of benzene rings is 1. The molecule has 1 N–H and O–H groups in total. The molecule has 1 unspecified atom stereocenters. The van der Waals surface area contributed by atoms with Gasteiger partial charge in [0.2, 0.25) is 0 Å². The van der Waals surface area contributed by atoms with E-state index >= 15 is 0 Å². The zero-order valence-electron chi connectivity index (χ0n) is 11.8. The summed E-state index contributed by atoms with van der Waals surface area (Å²) in [7, 11) is 2.10. The van der Waals surface area contributed by atoms with Crippen LogP contribution in [0, 0.1) is 18.8 Å². The summed E-state index contributed by atoms with van der Waals surface area (Å²) in [6.45, 7) is 4.08. The smallest absolute Gasteiger partial charge is 0.307 e. The number of nitrogens with zero attached hydrogens (tertiary/aromatic N) is 1. The Morgan fingerprint density at radius 1 is 1.32 bits per heavy atom. The van der Waals surface area contributed by atoms with Gasteiger partial charge in [-0.2, -0.15) is 0 Å². The van der Waals surface area contributed by atoms with Gasteiger partial charge in [0.05, 0.1) is 5.92 Å². The van der Waals surface area contributed by atoms with Crippen molar-refractivity contribution in [3.63, 3.8) is 0 Å². The second-order valence-corrected chi connectivity index (χ2v) is 5.78. The summed E-state index contributed by atoms with van der Waals surface area (Å²) < 4.78 is 0. The maximum atomic E-state index is 11.5. The fourth-order valence-electron chi connectivity index (χ4n) is 2.86. The lowest BCUT2D eigenvalue weighted by Gasteiger charge is -2.32. The Hall–Kier alpha value is -1.35. The molecule has 19 heavy (non-hydrogen) atoms. The molecule has 0 aromatic heterocycles. The van der Waals surface area contributed by atoms with Crippen LogP contribution in [0.4, 0.5) is 0 Å². The maximum Gasteiger partial charge on any atom is 0.307 e. The first-order chi connectivity index (χ1) is 9.06. The molecule has 3 nitrogen and oxygen atoms in total. The standard InChI is InChI=1S/C16H23NO2/c1-12-3-5-13(6-4-12)11-15(16(18)19)14-7-9-17(2)10-8-14/h3-6,14-15H,7-11H2,1-2H3,(H,18,19). The van der Waals surface area contributed by atoms with E-state index in [2.05, 4.69) is 43.1 Å². The van der Waals surface area contributed by atoms with Crippen LogP contribution in [0.3, 0.4) is 0 Å². The second-order valence-electron chi connectivity index (χ2n) is 5.78. The Morgan fingerprint density at radius 2 is 1.89 bits per heavy atom. The molecule has 0 bridgehead atoms. The summed E-state index contributed by atoms with van der Waals surface area (Å²) in [4.78, 5) is 13.8. The Balaban J connectivity index is 2.04. The number of aryl methyl sites for hydroxylation is 1. The lowest BCUT2D eigenvalue weighted by Crippen LogP contribution is -2.36. The van der Waals surface area contributed by atoms with E-state index in [-0.39, 0.29) is 5.92 Å². The fraction of sp³-hybridized carbons (Fsp3) is 0.562. The van der Waals surface area contributed by atoms with Gasteiger partial charge in [-0.05, 0) is 57.8 Å². The van der Waals surface area contributed by atoms with Crippen LogP contribution < -0.4 is 0 Å². The fourth-order valence-corrected chi connectivity index (χ4v) is 2.86. The van der Waals surface area contributed by atoms with Crippen molar-refractivity contribution in [3.8, 4) is 0 Å². The molecular formula is C16H23NO2. The maximum absolute atomic E-state index is 11.5. The molecule has 1 heterocycles. The Kier molecular flexibility index (Phi) is 4.59. The van der Waals surface area contributed by atoms with Gasteiger partial charge in [-0.3, -0.25) is 4.79 Å². The molecular weight excluding hydrogens is 238 g/mol. The monoisotopic (exact) mass is 261 g/mol. The van der Waals surface area contributed by atoms with Crippen LogP contribution in [-0.2, 0) is 11.2 Å². The zero-order chi connectivity index (χ0) is 13.8. The zero-order valence-corrected chi connectivity index (χ0v) is 11.8. The molecule has 0 spiro atoms. The SMILES string of the molecule is Cc1ccc(CC(C(=O)O)C2CCN(C)CC2)cc1. The first-order valence-electron chi connectivity index (χ1n) is 7.03. The minimum atomic E-state index is -0.643. The highest BCUT2D eigenvalue weighted by molar-refractivity contribution is 5.70. The third-order valence-electron chi connectivity index (χ3n) is 4.23. The van der Waals surface area contributed by atoms with Crippen LogP contribution in [-0.4, -0.2) is 36.1 Å². The van der Waals surface area contributed by atoms with Crippen LogP contribution in [0.5, 0.6) is 0 Å². The normalized spacial score (nSPS) is 19.3.